The van der Waals surface area contributed by atoms with Gasteiger partial charge in [0.25, 0.3) is 5.56 Å². The third-order valence-corrected chi connectivity index (χ3v) is 4.38. The second kappa shape index (κ2) is 6.75. The highest BCUT2D eigenvalue weighted by molar-refractivity contribution is 6.30. The fourth-order valence-electron chi connectivity index (χ4n) is 2.89. The van der Waals surface area contributed by atoms with E-state index in [0.717, 1.165) is 16.6 Å². The molecule has 0 aliphatic carbocycles. The first-order chi connectivity index (χ1) is 11.5. The molecular weight excluding hydrogens is 329 g/mol. The normalized spacial score (nSPS) is 11.2. The maximum absolute atomic E-state index is 14.1. The van der Waals surface area contributed by atoms with Crippen LogP contribution in [0.1, 0.15) is 22.3 Å². The van der Waals surface area contributed by atoms with Crippen LogP contribution in [0, 0.1) is 12.7 Å². The van der Waals surface area contributed by atoms with Crippen LogP contribution in [0.4, 0.5) is 4.39 Å². The highest BCUT2D eigenvalue weighted by atomic mass is 35.5. The summed E-state index contributed by atoms with van der Waals surface area (Å²) in [7, 11) is 0. The van der Waals surface area contributed by atoms with Crippen molar-refractivity contribution < 1.29 is 9.50 Å². The van der Waals surface area contributed by atoms with Crippen molar-refractivity contribution in [1.82, 2.24) is 4.40 Å². The second-order valence-electron chi connectivity index (χ2n) is 5.81. The molecule has 24 heavy (non-hydrogen) atoms. The van der Waals surface area contributed by atoms with Crippen LogP contribution in [-0.4, -0.2) is 16.1 Å². The van der Waals surface area contributed by atoms with E-state index in [1.807, 2.05) is 18.2 Å². The van der Waals surface area contributed by atoms with Crippen LogP contribution in [0.2, 0.25) is 5.02 Å². The minimum atomic E-state index is -0.433. The number of fused-ring (bicyclic) bond motifs is 1. The molecule has 0 amide bonds. The SMILES string of the molecule is Cc1cc(CCO)c2ccc(Cc3cccc(Cl)c3F)cn2c1=O. The largest absolute Gasteiger partial charge is 0.396 e. The fourth-order valence-corrected chi connectivity index (χ4v) is 3.09. The van der Waals surface area contributed by atoms with E-state index in [9.17, 15) is 14.3 Å². The maximum atomic E-state index is 14.1. The standard InChI is InChI=1S/C19H17ClFNO2/c1-12-9-14(7-8-23)17-6-5-13(11-22(17)19(12)24)10-15-3-2-4-16(20)18(15)21/h2-6,9,11,23H,7-8,10H2,1H3. The van der Waals surface area contributed by atoms with E-state index in [1.165, 1.54) is 6.07 Å². The predicted octanol–water partition coefficient (Wildman–Crippen LogP) is 3.53. The number of nitrogens with zero attached hydrogens (tertiary/aromatic N) is 1. The first-order valence-corrected chi connectivity index (χ1v) is 8.06. The number of hydrogen-bond acceptors (Lipinski definition) is 2. The molecule has 3 rings (SSSR count). The van der Waals surface area contributed by atoms with Gasteiger partial charge in [-0.1, -0.05) is 29.8 Å². The predicted molar refractivity (Wildman–Crippen MR) is 93.4 cm³/mol. The zero-order chi connectivity index (χ0) is 17.3. The van der Waals surface area contributed by atoms with E-state index in [0.29, 0.717) is 24.0 Å². The van der Waals surface area contributed by atoms with Gasteiger partial charge < -0.3 is 5.11 Å². The third-order valence-electron chi connectivity index (χ3n) is 4.09. The Bertz CT molecular complexity index is 965. The molecule has 0 unspecified atom stereocenters. The molecule has 2 heterocycles. The Kier molecular flexibility index (Phi) is 4.69. The number of aromatic nitrogens is 1. The number of aryl methyl sites for hydroxylation is 1. The van der Waals surface area contributed by atoms with Gasteiger partial charge in [0.15, 0.2) is 0 Å². The van der Waals surface area contributed by atoms with Crippen molar-refractivity contribution in [3.05, 3.63) is 86.0 Å². The van der Waals surface area contributed by atoms with E-state index in [-0.39, 0.29) is 17.2 Å². The number of pyridine rings is 2. The van der Waals surface area contributed by atoms with Crippen molar-refractivity contribution in [3.63, 3.8) is 0 Å². The van der Waals surface area contributed by atoms with Crippen LogP contribution >= 0.6 is 11.6 Å². The monoisotopic (exact) mass is 345 g/mol. The zero-order valence-electron chi connectivity index (χ0n) is 13.2. The summed E-state index contributed by atoms with van der Waals surface area (Å²) in [5.74, 6) is -0.433. The number of aliphatic hydroxyl groups is 1. The fraction of sp³-hybridized carbons (Fsp3) is 0.211. The summed E-state index contributed by atoms with van der Waals surface area (Å²) in [5, 5.41) is 9.29. The Morgan fingerprint density at radius 2 is 2.00 bits per heavy atom. The Labute approximate surface area is 144 Å². The molecule has 0 aliphatic heterocycles. The average Bonchev–Trinajstić information content (AvgIpc) is 2.57. The second-order valence-corrected chi connectivity index (χ2v) is 6.22. The van der Waals surface area contributed by atoms with Gasteiger partial charge in [-0.05, 0) is 48.2 Å². The molecule has 124 valence electrons. The highest BCUT2D eigenvalue weighted by Gasteiger charge is 2.10. The zero-order valence-corrected chi connectivity index (χ0v) is 14.0. The number of hydrogen-bond donors (Lipinski definition) is 1. The molecule has 5 heteroatoms. The van der Waals surface area contributed by atoms with Crippen molar-refractivity contribution in [2.75, 3.05) is 6.61 Å². The van der Waals surface area contributed by atoms with Crippen LogP contribution in [0.5, 0.6) is 0 Å². The average molecular weight is 346 g/mol. The van der Waals surface area contributed by atoms with Gasteiger partial charge >= 0.3 is 0 Å². The van der Waals surface area contributed by atoms with Gasteiger partial charge in [0.05, 0.1) is 10.5 Å². The number of halogens is 2. The summed E-state index contributed by atoms with van der Waals surface area (Å²) < 4.78 is 15.6. The molecule has 1 N–H and O–H groups in total. The molecular formula is C19H17ClFNO2. The molecule has 1 aromatic carbocycles. The topological polar surface area (TPSA) is 41.7 Å². The summed E-state index contributed by atoms with van der Waals surface area (Å²) in [4.78, 5) is 12.4. The Morgan fingerprint density at radius 1 is 1.21 bits per heavy atom. The van der Waals surface area contributed by atoms with E-state index < -0.39 is 5.82 Å². The molecule has 0 saturated heterocycles. The van der Waals surface area contributed by atoms with Gasteiger partial charge in [-0.15, -0.1) is 0 Å². The number of aliphatic hydroxyl groups excluding tert-OH is 1. The molecule has 0 saturated carbocycles. The lowest BCUT2D eigenvalue weighted by Gasteiger charge is -2.11. The van der Waals surface area contributed by atoms with Crippen LogP contribution in [0.15, 0.2) is 47.4 Å². The van der Waals surface area contributed by atoms with Crippen LogP contribution in [0.3, 0.4) is 0 Å². The molecule has 0 atom stereocenters. The molecule has 3 aromatic rings. The maximum Gasteiger partial charge on any atom is 0.258 e. The number of rotatable bonds is 4. The summed E-state index contributed by atoms with van der Waals surface area (Å²) >= 11 is 5.82. The summed E-state index contributed by atoms with van der Waals surface area (Å²) in [6.45, 7) is 1.77. The van der Waals surface area contributed by atoms with Gasteiger partial charge in [-0.2, -0.15) is 0 Å². The van der Waals surface area contributed by atoms with E-state index in [2.05, 4.69) is 0 Å². The van der Waals surface area contributed by atoms with E-state index >= 15 is 0 Å². The summed E-state index contributed by atoms with van der Waals surface area (Å²) in [6.07, 6.45) is 2.55. The van der Waals surface area contributed by atoms with Crippen LogP contribution in [-0.2, 0) is 12.8 Å². The van der Waals surface area contributed by atoms with Crippen LogP contribution < -0.4 is 5.56 Å². The molecule has 0 radical (unpaired) electrons. The Hall–Kier alpha value is -2.17. The lowest BCUT2D eigenvalue weighted by molar-refractivity contribution is 0.300. The molecule has 0 aliphatic rings. The summed E-state index contributed by atoms with van der Waals surface area (Å²) in [5.41, 5.74) is 3.47. The lowest BCUT2D eigenvalue weighted by Crippen LogP contribution is -2.18. The molecule has 0 spiro atoms. The first kappa shape index (κ1) is 16.7. The van der Waals surface area contributed by atoms with E-state index in [1.54, 1.807) is 29.7 Å². The lowest BCUT2D eigenvalue weighted by atomic mass is 10.0. The molecule has 0 bridgehead atoms. The van der Waals surface area contributed by atoms with Gasteiger partial charge in [0.1, 0.15) is 5.82 Å². The third kappa shape index (κ3) is 3.07. The molecule has 0 fully saturated rings. The highest BCUT2D eigenvalue weighted by Crippen LogP contribution is 2.21. The first-order valence-electron chi connectivity index (χ1n) is 7.69. The van der Waals surface area contributed by atoms with Gasteiger partial charge in [0.2, 0.25) is 0 Å². The quantitative estimate of drug-likeness (QED) is 0.786. The van der Waals surface area contributed by atoms with Crippen molar-refractivity contribution in [2.24, 2.45) is 0 Å². The molecule has 2 aromatic heterocycles. The van der Waals surface area contributed by atoms with Gasteiger partial charge in [-0.3, -0.25) is 9.20 Å². The van der Waals surface area contributed by atoms with Gasteiger partial charge in [-0.25, -0.2) is 4.39 Å². The number of benzene rings is 1. The Balaban J connectivity index is 2.10. The smallest absolute Gasteiger partial charge is 0.258 e. The molecule has 3 nitrogen and oxygen atoms in total. The van der Waals surface area contributed by atoms with Crippen molar-refractivity contribution in [3.8, 4) is 0 Å². The van der Waals surface area contributed by atoms with E-state index in [4.69, 9.17) is 11.6 Å². The van der Waals surface area contributed by atoms with Crippen LogP contribution in [0.25, 0.3) is 5.52 Å². The minimum Gasteiger partial charge on any atom is -0.396 e. The Morgan fingerprint density at radius 3 is 2.75 bits per heavy atom. The summed E-state index contributed by atoms with van der Waals surface area (Å²) in [6, 6.07) is 10.4. The van der Waals surface area contributed by atoms with Crippen molar-refractivity contribution in [2.45, 2.75) is 19.8 Å². The minimum absolute atomic E-state index is 0.0166. The van der Waals surface area contributed by atoms with Crippen molar-refractivity contribution in [1.29, 1.82) is 0 Å². The van der Waals surface area contributed by atoms with Gasteiger partial charge in [0, 0.05) is 24.8 Å². The van der Waals surface area contributed by atoms with Crippen molar-refractivity contribution >= 4 is 17.1 Å².